The van der Waals surface area contributed by atoms with Gasteiger partial charge in [-0.2, -0.15) is 0 Å². The third-order valence-electron chi connectivity index (χ3n) is 5.02. The Morgan fingerprint density at radius 2 is 1.93 bits per heavy atom. The number of carbonyl (C=O) groups is 2. The number of nitrogens with zero attached hydrogens (tertiary/aromatic N) is 1. The van der Waals surface area contributed by atoms with E-state index in [0.29, 0.717) is 11.5 Å². The van der Waals surface area contributed by atoms with Crippen LogP contribution in [-0.4, -0.2) is 49.7 Å². The fourth-order valence-corrected chi connectivity index (χ4v) is 3.45. The number of hydrogen-bond donors (Lipinski definition) is 0. The Bertz CT molecular complexity index is 694. The lowest BCUT2D eigenvalue weighted by Crippen LogP contribution is -2.44. The first-order valence-electron chi connectivity index (χ1n) is 9.86. The van der Waals surface area contributed by atoms with Crippen molar-refractivity contribution in [1.82, 2.24) is 4.90 Å². The predicted octanol–water partition coefficient (Wildman–Crippen LogP) is 3.83. The van der Waals surface area contributed by atoms with Gasteiger partial charge in [-0.05, 0) is 44.4 Å². The smallest absolute Gasteiger partial charge is 0.344 e. The highest BCUT2D eigenvalue weighted by Gasteiger charge is 2.27. The van der Waals surface area contributed by atoms with E-state index >= 15 is 0 Å². The third kappa shape index (κ3) is 6.01. The van der Waals surface area contributed by atoms with Gasteiger partial charge in [0.25, 0.3) is 5.91 Å². The minimum absolute atomic E-state index is 0.173. The minimum Gasteiger partial charge on any atom is -0.493 e. The van der Waals surface area contributed by atoms with Gasteiger partial charge in [-0.15, -0.1) is 0 Å². The molecule has 6 nitrogen and oxygen atoms in total. The Morgan fingerprint density at radius 3 is 2.57 bits per heavy atom. The molecule has 154 valence electrons. The number of amides is 1. The van der Waals surface area contributed by atoms with Crippen molar-refractivity contribution in [2.24, 2.45) is 0 Å². The summed E-state index contributed by atoms with van der Waals surface area (Å²) in [5.41, 5.74) is 0.972. The molecule has 1 saturated carbocycles. The number of allylic oxidation sites excluding steroid dienone is 1. The molecule has 0 N–H and O–H groups in total. The summed E-state index contributed by atoms with van der Waals surface area (Å²) < 4.78 is 16.1. The molecule has 1 aromatic carbocycles. The highest BCUT2D eigenvalue weighted by molar-refractivity contribution is 5.83. The van der Waals surface area contributed by atoms with Crippen molar-refractivity contribution < 1.29 is 23.8 Å². The van der Waals surface area contributed by atoms with Crippen molar-refractivity contribution in [3.63, 3.8) is 0 Å². The van der Waals surface area contributed by atoms with Gasteiger partial charge in [0.1, 0.15) is 0 Å². The average Bonchev–Trinajstić information content (AvgIpc) is 2.72. The second-order valence-electron chi connectivity index (χ2n) is 7.07. The maximum Gasteiger partial charge on any atom is 0.344 e. The molecule has 6 heteroatoms. The van der Waals surface area contributed by atoms with E-state index in [1.807, 2.05) is 31.2 Å². The van der Waals surface area contributed by atoms with Gasteiger partial charge in [0, 0.05) is 13.1 Å². The lowest BCUT2D eigenvalue weighted by molar-refractivity contribution is -0.161. The number of rotatable bonds is 8. The molecule has 0 unspecified atom stereocenters. The van der Waals surface area contributed by atoms with Gasteiger partial charge in [0.05, 0.1) is 7.11 Å². The standard InChI is InChI=1S/C22H31NO5/c1-5-9-17-12-13-19(20(14-17)26-4)27-15-21(24)28-16(2)22(25)23(3)18-10-7-6-8-11-18/h5,9,12-14,16,18H,6-8,10-11,15H2,1-4H3/b9-5+/t16-/m0/s1. The first-order chi connectivity index (χ1) is 13.5. The molecular formula is C22H31NO5. The summed E-state index contributed by atoms with van der Waals surface area (Å²) >= 11 is 0. The van der Waals surface area contributed by atoms with Gasteiger partial charge in [-0.3, -0.25) is 4.79 Å². The number of likely N-dealkylation sites (N-methyl/N-ethyl adjacent to an activating group) is 1. The van der Waals surface area contributed by atoms with E-state index in [2.05, 4.69) is 0 Å². The topological polar surface area (TPSA) is 65.1 Å². The zero-order valence-corrected chi connectivity index (χ0v) is 17.3. The second kappa shape index (κ2) is 10.7. The summed E-state index contributed by atoms with van der Waals surface area (Å²) in [5, 5.41) is 0. The Hall–Kier alpha value is -2.50. The molecule has 0 aromatic heterocycles. The first-order valence-corrected chi connectivity index (χ1v) is 9.86. The number of hydrogen-bond acceptors (Lipinski definition) is 5. The van der Waals surface area contributed by atoms with Crippen molar-refractivity contribution >= 4 is 18.0 Å². The van der Waals surface area contributed by atoms with E-state index in [1.165, 1.54) is 6.42 Å². The maximum atomic E-state index is 12.5. The van der Waals surface area contributed by atoms with Crippen molar-refractivity contribution in [1.29, 1.82) is 0 Å². The van der Waals surface area contributed by atoms with Crippen LogP contribution in [0.5, 0.6) is 11.5 Å². The van der Waals surface area contributed by atoms with E-state index < -0.39 is 12.1 Å². The molecule has 0 saturated heterocycles. The fourth-order valence-electron chi connectivity index (χ4n) is 3.45. The number of carbonyl (C=O) groups excluding carboxylic acids is 2. The lowest BCUT2D eigenvalue weighted by Gasteiger charge is -2.32. The summed E-state index contributed by atoms with van der Waals surface area (Å²) in [6.07, 6.45) is 8.55. The number of esters is 1. The highest BCUT2D eigenvalue weighted by Crippen LogP contribution is 2.28. The van der Waals surface area contributed by atoms with Gasteiger partial charge in [-0.1, -0.05) is 37.5 Å². The molecule has 0 aliphatic heterocycles. The molecule has 1 aliphatic rings. The van der Waals surface area contributed by atoms with Crippen LogP contribution in [0.1, 0.15) is 51.5 Å². The van der Waals surface area contributed by atoms with Crippen molar-refractivity contribution in [2.45, 2.75) is 58.1 Å². The van der Waals surface area contributed by atoms with Crippen LogP contribution in [0.2, 0.25) is 0 Å². The van der Waals surface area contributed by atoms with Crippen LogP contribution in [0.4, 0.5) is 0 Å². The monoisotopic (exact) mass is 389 g/mol. The van der Waals surface area contributed by atoms with Crippen LogP contribution >= 0.6 is 0 Å². The Morgan fingerprint density at radius 1 is 1.21 bits per heavy atom. The molecule has 0 heterocycles. The molecule has 1 amide bonds. The van der Waals surface area contributed by atoms with E-state index in [-0.39, 0.29) is 18.6 Å². The maximum absolute atomic E-state index is 12.5. The summed E-state index contributed by atoms with van der Waals surface area (Å²) in [6.45, 7) is 3.25. The molecule has 1 aromatic rings. The lowest BCUT2D eigenvalue weighted by atomic mass is 9.94. The minimum atomic E-state index is -0.831. The highest BCUT2D eigenvalue weighted by atomic mass is 16.6. The van der Waals surface area contributed by atoms with Crippen LogP contribution in [-0.2, 0) is 14.3 Å². The molecule has 0 radical (unpaired) electrons. The number of benzene rings is 1. The van der Waals surface area contributed by atoms with Crippen molar-refractivity contribution in [2.75, 3.05) is 20.8 Å². The summed E-state index contributed by atoms with van der Waals surface area (Å²) in [6, 6.07) is 5.67. The Labute approximate surface area is 167 Å². The van der Waals surface area contributed by atoms with Crippen LogP contribution in [0, 0.1) is 0 Å². The number of ether oxygens (including phenoxy) is 3. The van der Waals surface area contributed by atoms with Gasteiger partial charge >= 0.3 is 5.97 Å². The molecule has 0 bridgehead atoms. The summed E-state index contributed by atoms with van der Waals surface area (Å²) in [4.78, 5) is 26.4. The fraction of sp³-hybridized carbons (Fsp3) is 0.545. The quantitative estimate of drug-likeness (QED) is 0.632. The molecule has 1 atom stereocenters. The zero-order chi connectivity index (χ0) is 20.5. The van der Waals surface area contributed by atoms with Crippen molar-refractivity contribution in [3.05, 3.63) is 29.8 Å². The number of methoxy groups -OCH3 is 1. The first kappa shape index (κ1) is 21.8. The van der Waals surface area contributed by atoms with E-state index in [0.717, 1.165) is 31.2 Å². The predicted molar refractivity (Wildman–Crippen MR) is 108 cm³/mol. The van der Waals surface area contributed by atoms with Crippen LogP contribution in [0.15, 0.2) is 24.3 Å². The van der Waals surface area contributed by atoms with Gasteiger partial charge < -0.3 is 19.1 Å². The van der Waals surface area contributed by atoms with Crippen LogP contribution < -0.4 is 9.47 Å². The van der Waals surface area contributed by atoms with E-state index in [1.54, 1.807) is 32.0 Å². The van der Waals surface area contributed by atoms with Gasteiger partial charge in [0.15, 0.2) is 24.2 Å². The third-order valence-corrected chi connectivity index (χ3v) is 5.02. The molecule has 1 fully saturated rings. The van der Waals surface area contributed by atoms with E-state index in [9.17, 15) is 9.59 Å². The Balaban J connectivity index is 1.86. The average molecular weight is 389 g/mol. The second-order valence-corrected chi connectivity index (χ2v) is 7.07. The SMILES string of the molecule is C/C=C/c1ccc(OCC(=O)O[C@@H](C)C(=O)N(C)C2CCCCC2)c(OC)c1. The molecule has 1 aliphatic carbocycles. The van der Waals surface area contributed by atoms with Crippen molar-refractivity contribution in [3.8, 4) is 11.5 Å². The zero-order valence-electron chi connectivity index (χ0n) is 17.3. The molecule has 2 rings (SSSR count). The molecular weight excluding hydrogens is 358 g/mol. The largest absolute Gasteiger partial charge is 0.493 e. The molecule has 28 heavy (non-hydrogen) atoms. The Kier molecular flexibility index (Phi) is 8.36. The van der Waals surface area contributed by atoms with Crippen LogP contribution in [0.3, 0.4) is 0 Å². The molecule has 0 spiro atoms. The van der Waals surface area contributed by atoms with Crippen LogP contribution in [0.25, 0.3) is 6.08 Å². The summed E-state index contributed by atoms with van der Waals surface area (Å²) in [7, 11) is 3.33. The van der Waals surface area contributed by atoms with E-state index in [4.69, 9.17) is 14.2 Å². The summed E-state index contributed by atoms with van der Waals surface area (Å²) in [5.74, 6) is 0.224. The van der Waals surface area contributed by atoms with Gasteiger partial charge in [-0.25, -0.2) is 4.79 Å². The normalized spacial score (nSPS) is 15.9. The van der Waals surface area contributed by atoms with Gasteiger partial charge in [0.2, 0.25) is 0 Å².